The van der Waals surface area contributed by atoms with E-state index in [0.717, 1.165) is 0 Å². The summed E-state index contributed by atoms with van der Waals surface area (Å²) in [6.45, 7) is 0. The fourth-order valence-electron chi connectivity index (χ4n) is 2.74. The Morgan fingerprint density at radius 1 is 1.11 bits per heavy atom. The minimum atomic E-state index is -0.540. The smallest absolute Gasteiger partial charge is 0.343 e. The van der Waals surface area contributed by atoms with Gasteiger partial charge < -0.3 is 15.0 Å². The molecule has 2 aromatic heterocycles. The normalized spacial score (nSPS) is 10.8. The number of hydrogen-bond donors (Lipinski definition) is 2. The molecule has 0 spiro atoms. The van der Waals surface area contributed by atoms with Crippen LogP contribution in [0, 0.1) is 0 Å². The van der Waals surface area contributed by atoms with Crippen molar-refractivity contribution in [2.45, 2.75) is 0 Å². The first-order valence-corrected chi connectivity index (χ1v) is 9.25. The SMILES string of the molecule is Cn1c(=O)[nH]c2cc(C(=O)Oc3ccc(NC(=O)c4cccs4)cc3)ccc21. The van der Waals surface area contributed by atoms with Crippen molar-refractivity contribution in [1.82, 2.24) is 9.55 Å². The molecule has 0 fully saturated rings. The fourth-order valence-corrected chi connectivity index (χ4v) is 3.36. The summed E-state index contributed by atoms with van der Waals surface area (Å²) in [5, 5.41) is 4.61. The summed E-state index contributed by atoms with van der Waals surface area (Å²) in [7, 11) is 1.65. The van der Waals surface area contributed by atoms with Gasteiger partial charge >= 0.3 is 11.7 Å². The molecule has 0 radical (unpaired) electrons. The predicted molar refractivity (Wildman–Crippen MR) is 107 cm³/mol. The highest BCUT2D eigenvalue weighted by Crippen LogP contribution is 2.20. The predicted octanol–water partition coefficient (Wildman–Crippen LogP) is 3.40. The van der Waals surface area contributed by atoms with E-state index in [1.54, 1.807) is 55.6 Å². The number of imidazole rings is 1. The van der Waals surface area contributed by atoms with Gasteiger partial charge in [0.15, 0.2) is 0 Å². The molecular formula is C20H15N3O4S. The lowest BCUT2D eigenvalue weighted by Gasteiger charge is -2.07. The lowest BCUT2D eigenvalue weighted by atomic mass is 10.2. The van der Waals surface area contributed by atoms with Crippen molar-refractivity contribution in [3.05, 3.63) is 80.9 Å². The fraction of sp³-hybridized carbons (Fsp3) is 0.0500. The lowest BCUT2D eigenvalue weighted by Crippen LogP contribution is -2.11. The molecule has 0 aliphatic rings. The monoisotopic (exact) mass is 393 g/mol. The molecule has 0 aliphatic heterocycles. The van der Waals surface area contributed by atoms with Gasteiger partial charge in [-0.25, -0.2) is 9.59 Å². The Bertz CT molecular complexity index is 1220. The topological polar surface area (TPSA) is 93.2 Å². The van der Waals surface area contributed by atoms with Gasteiger partial charge in [0.1, 0.15) is 5.75 Å². The Labute approximate surface area is 163 Å². The zero-order chi connectivity index (χ0) is 19.7. The first kappa shape index (κ1) is 17.7. The van der Waals surface area contributed by atoms with E-state index in [-0.39, 0.29) is 11.6 Å². The summed E-state index contributed by atoms with van der Waals surface area (Å²) in [6.07, 6.45) is 0. The number of nitrogens with zero attached hydrogens (tertiary/aromatic N) is 1. The van der Waals surface area contributed by atoms with Gasteiger partial charge in [0.25, 0.3) is 5.91 Å². The molecule has 0 aliphatic carbocycles. The number of fused-ring (bicyclic) bond motifs is 1. The molecule has 1 amide bonds. The number of carbonyl (C=O) groups is 2. The Morgan fingerprint density at radius 3 is 2.61 bits per heavy atom. The van der Waals surface area contributed by atoms with Gasteiger partial charge in [-0.15, -0.1) is 11.3 Å². The maximum Gasteiger partial charge on any atom is 0.343 e. The summed E-state index contributed by atoms with van der Waals surface area (Å²) in [6, 6.07) is 14.9. The van der Waals surface area contributed by atoms with Gasteiger partial charge in [-0.3, -0.25) is 9.36 Å². The summed E-state index contributed by atoms with van der Waals surface area (Å²) >= 11 is 1.36. The Morgan fingerprint density at radius 2 is 1.89 bits per heavy atom. The summed E-state index contributed by atoms with van der Waals surface area (Å²) in [4.78, 5) is 39.4. The van der Waals surface area contributed by atoms with Crippen LogP contribution >= 0.6 is 11.3 Å². The molecule has 0 bridgehead atoms. The van der Waals surface area contributed by atoms with Crippen LogP contribution in [0.3, 0.4) is 0 Å². The Balaban J connectivity index is 1.46. The zero-order valence-corrected chi connectivity index (χ0v) is 15.6. The van der Waals surface area contributed by atoms with Crippen LogP contribution < -0.4 is 15.7 Å². The number of aromatic nitrogens is 2. The third-order valence-electron chi connectivity index (χ3n) is 4.21. The molecule has 0 unspecified atom stereocenters. The molecule has 0 saturated heterocycles. The second-order valence-corrected chi connectivity index (χ2v) is 7.01. The molecule has 4 aromatic rings. The molecule has 140 valence electrons. The second kappa shape index (κ2) is 7.16. The number of hydrogen-bond acceptors (Lipinski definition) is 5. The summed E-state index contributed by atoms with van der Waals surface area (Å²) < 4.78 is 6.84. The van der Waals surface area contributed by atoms with Crippen LogP contribution in [0.5, 0.6) is 5.75 Å². The average Bonchev–Trinajstić information content (AvgIpc) is 3.32. The van der Waals surface area contributed by atoms with E-state index in [1.165, 1.54) is 15.9 Å². The van der Waals surface area contributed by atoms with Crippen molar-refractivity contribution < 1.29 is 14.3 Å². The number of nitrogens with one attached hydrogen (secondary N) is 2. The van der Waals surface area contributed by atoms with Gasteiger partial charge in [0.05, 0.1) is 21.5 Å². The number of aryl methyl sites for hydroxylation is 1. The van der Waals surface area contributed by atoms with Gasteiger partial charge in [-0.1, -0.05) is 6.07 Å². The van der Waals surface area contributed by atoms with Gasteiger partial charge in [0.2, 0.25) is 0 Å². The van der Waals surface area contributed by atoms with Gasteiger partial charge in [0, 0.05) is 12.7 Å². The van der Waals surface area contributed by atoms with Crippen molar-refractivity contribution in [1.29, 1.82) is 0 Å². The zero-order valence-electron chi connectivity index (χ0n) is 14.8. The van der Waals surface area contributed by atoms with E-state index in [1.807, 2.05) is 11.4 Å². The minimum absolute atomic E-state index is 0.190. The van der Waals surface area contributed by atoms with Gasteiger partial charge in [-0.05, 0) is 53.9 Å². The van der Waals surface area contributed by atoms with Crippen LogP contribution in [0.4, 0.5) is 5.69 Å². The van der Waals surface area contributed by atoms with Crippen LogP contribution in [0.15, 0.2) is 64.8 Å². The van der Waals surface area contributed by atoms with Crippen LogP contribution in [-0.2, 0) is 7.05 Å². The number of ether oxygens (including phenoxy) is 1. The van der Waals surface area contributed by atoms with E-state index in [2.05, 4.69) is 10.3 Å². The number of rotatable bonds is 4. The van der Waals surface area contributed by atoms with E-state index in [0.29, 0.717) is 32.9 Å². The molecule has 0 saturated carbocycles. The number of amides is 1. The quantitative estimate of drug-likeness (QED) is 0.410. The van der Waals surface area contributed by atoms with E-state index in [4.69, 9.17) is 4.74 Å². The molecule has 2 heterocycles. The third-order valence-corrected chi connectivity index (χ3v) is 5.08. The second-order valence-electron chi connectivity index (χ2n) is 6.07. The molecule has 2 aromatic carbocycles. The van der Waals surface area contributed by atoms with E-state index < -0.39 is 5.97 Å². The molecular weight excluding hydrogens is 378 g/mol. The summed E-state index contributed by atoms with van der Waals surface area (Å²) in [5.74, 6) is -0.382. The average molecular weight is 393 g/mol. The highest BCUT2D eigenvalue weighted by atomic mass is 32.1. The Kier molecular flexibility index (Phi) is 4.54. The number of carbonyl (C=O) groups excluding carboxylic acids is 2. The molecule has 4 rings (SSSR count). The molecule has 28 heavy (non-hydrogen) atoms. The van der Waals surface area contributed by atoms with Crippen molar-refractivity contribution in [3.63, 3.8) is 0 Å². The van der Waals surface area contributed by atoms with Gasteiger partial charge in [-0.2, -0.15) is 0 Å². The summed E-state index contributed by atoms with van der Waals surface area (Å²) in [5.41, 5.74) is 1.94. The standard InChI is InChI=1S/C20H15N3O4S/c1-23-16-9-4-12(11-15(16)22-20(23)26)19(25)27-14-7-5-13(6-8-14)21-18(24)17-3-2-10-28-17/h2-11H,1H3,(H,21,24)(H,22,26). The van der Waals surface area contributed by atoms with Crippen LogP contribution in [-0.4, -0.2) is 21.4 Å². The number of thiophene rings is 1. The number of H-pyrrole nitrogens is 1. The number of anilines is 1. The van der Waals surface area contributed by atoms with E-state index >= 15 is 0 Å². The van der Waals surface area contributed by atoms with E-state index in [9.17, 15) is 14.4 Å². The maximum atomic E-state index is 12.4. The number of aromatic amines is 1. The highest BCUT2D eigenvalue weighted by molar-refractivity contribution is 7.12. The lowest BCUT2D eigenvalue weighted by molar-refractivity contribution is 0.0734. The van der Waals surface area contributed by atoms with Crippen LogP contribution in [0.1, 0.15) is 20.0 Å². The first-order valence-electron chi connectivity index (χ1n) is 8.37. The Hall–Kier alpha value is -3.65. The number of benzene rings is 2. The molecule has 8 heteroatoms. The third kappa shape index (κ3) is 3.45. The van der Waals surface area contributed by atoms with Crippen LogP contribution in [0.25, 0.3) is 11.0 Å². The molecule has 2 N–H and O–H groups in total. The van der Waals surface area contributed by atoms with Crippen molar-refractivity contribution >= 4 is 39.9 Å². The van der Waals surface area contributed by atoms with Crippen molar-refractivity contribution in [2.75, 3.05) is 5.32 Å². The number of esters is 1. The van der Waals surface area contributed by atoms with Crippen LogP contribution in [0.2, 0.25) is 0 Å². The maximum absolute atomic E-state index is 12.4. The van der Waals surface area contributed by atoms with Crippen molar-refractivity contribution in [3.8, 4) is 5.75 Å². The first-order chi connectivity index (χ1) is 13.5. The highest BCUT2D eigenvalue weighted by Gasteiger charge is 2.12. The van der Waals surface area contributed by atoms with Crippen molar-refractivity contribution in [2.24, 2.45) is 7.05 Å². The largest absolute Gasteiger partial charge is 0.423 e. The molecule has 7 nitrogen and oxygen atoms in total. The molecule has 0 atom stereocenters. The minimum Gasteiger partial charge on any atom is -0.423 e.